The Bertz CT molecular complexity index is 1380. The lowest BCUT2D eigenvalue weighted by Crippen LogP contribution is -2.22. The summed E-state index contributed by atoms with van der Waals surface area (Å²) in [6, 6.07) is 18.3. The maximum atomic E-state index is 13.3. The standard InChI is InChI=1S/C25H21ClN2O2S/c1-15-12-17(3)19(13-16(15)2)23(29)14-31-25-27-21-10-6-4-8-18(21)24(30)28(25)22-11-7-5-9-20(22)26/h4-13H,14H2,1-3H3. The van der Waals surface area contributed by atoms with Gasteiger partial charge in [-0.1, -0.05) is 53.7 Å². The summed E-state index contributed by atoms with van der Waals surface area (Å²) in [5, 5.41) is 1.38. The fraction of sp³-hybridized carbons (Fsp3) is 0.160. The summed E-state index contributed by atoms with van der Waals surface area (Å²) in [4.78, 5) is 31.0. The van der Waals surface area contributed by atoms with E-state index in [0.717, 1.165) is 16.7 Å². The molecule has 0 aliphatic heterocycles. The second-order valence-electron chi connectivity index (χ2n) is 7.47. The van der Waals surface area contributed by atoms with Crippen molar-refractivity contribution in [1.29, 1.82) is 0 Å². The highest BCUT2D eigenvalue weighted by Crippen LogP contribution is 2.27. The van der Waals surface area contributed by atoms with E-state index in [1.54, 1.807) is 30.3 Å². The molecular formula is C25H21ClN2O2S. The van der Waals surface area contributed by atoms with Crippen molar-refractivity contribution in [3.05, 3.63) is 98.3 Å². The first kappa shape index (κ1) is 21.3. The minimum absolute atomic E-state index is 0.00119. The topological polar surface area (TPSA) is 52.0 Å². The number of para-hydroxylation sites is 2. The molecule has 0 bridgehead atoms. The Kier molecular flexibility index (Phi) is 5.99. The van der Waals surface area contributed by atoms with Crippen LogP contribution >= 0.6 is 23.4 Å². The SMILES string of the molecule is Cc1cc(C)c(C(=O)CSc2nc3ccccc3c(=O)n2-c2ccccc2Cl)cc1C. The Balaban J connectivity index is 1.78. The Hall–Kier alpha value is -2.89. The molecule has 0 amide bonds. The van der Waals surface area contributed by atoms with Gasteiger partial charge in [-0.3, -0.25) is 14.2 Å². The third kappa shape index (κ3) is 4.16. The van der Waals surface area contributed by atoms with Gasteiger partial charge < -0.3 is 0 Å². The number of aromatic nitrogens is 2. The van der Waals surface area contributed by atoms with Crippen LogP contribution in [0.1, 0.15) is 27.0 Å². The first-order valence-electron chi connectivity index (χ1n) is 9.87. The second kappa shape index (κ2) is 8.69. The zero-order valence-corrected chi connectivity index (χ0v) is 19.1. The molecule has 3 aromatic carbocycles. The van der Waals surface area contributed by atoms with Gasteiger partial charge in [0, 0.05) is 5.56 Å². The van der Waals surface area contributed by atoms with E-state index >= 15 is 0 Å². The number of fused-ring (bicyclic) bond motifs is 1. The Morgan fingerprint density at radius 2 is 1.65 bits per heavy atom. The van der Waals surface area contributed by atoms with Gasteiger partial charge in [0.1, 0.15) is 0 Å². The van der Waals surface area contributed by atoms with Crippen LogP contribution in [0.25, 0.3) is 16.6 Å². The highest BCUT2D eigenvalue weighted by atomic mass is 35.5. The molecule has 4 nitrogen and oxygen atoms in total. The van der Waals surface area contributed by atoms with Crippen LogP contribution < -0.4 is 5.56 Å². The molecule has 0 saturated heterocycles. The van der Waals surface area contributed by atoms with Gasteiger partial charge in [0.2, 0.25) is 0 Å². The molecule has 1 aromatic heterocycles. The van der Waals surface area contributed by atoms with Gasteiger partial charge in [-0.05, 0) is 67.8 Å². The number of Topliss-reactive ketones (excluding diaryl/α,β-unsaturated/α-hetero) is 1. The van der Waals surface area contributed by atoms with E-state index in [-0.39, 0.29) is 17.1 Å². The highest BCUT2D eigenvalue weighted by Gasteiger charge is 2.18. The van der Waals surface area contributed by atoms with Crippen LogP contribution in [0.15, 0.2) is 70.6 Å². The molecule has 6 heteroatoms. The first-order valence-corrected chi connectivity index (χ1v) is 11.2. The number of ketones is 1. The summed E-state index contributed by atoms with van der Waals surface area (Å²) in [7, 11) is 0. The average molecular weight is 449 g/mol. The minimum atomic E-state index is -0.212. The lowest BCUT2D eigenvalue weighted by Gasteiger charge is -2.14. The van der Waals surface area contributed by atoms with Crippen molar-refractivity contribution in [2.24, 2.45) is 0 Å². The van der Waals surface area contributed by atoms with E-state index in [1.807, 2.05) is 51.1 Å². The normalized spacial score (nSPS) is 11.1. The van der Waals surface area contributed by atoms with Crippen LogP contribution in [-0.4, -0.2) is 21.1 Å². The van der Waals surface area contributed by atoms with E-state index < -0.39 is 0 Å². The molecule has 1 heterocycles. The van der Waals surface area contributed by atoms with Gasteiger partial charge in [-0.25, -0.2) is 4.98 Å². The summed E-state index contributed by atoms with van der Waals surface area (Å²) in [5.74, 6) is 0.164. The van der Waals surface area contributed by atoms with Crippen molar-refractivity contribution < 1.29 is 4.79 Å². The maximum Gasteiger partial charge on any atom is 0.266 e. The van der Waals surface area contributed by atoms with Gasteiger partial charge in [0.25, 0.3) is 5.56 Å². The van der Waals surface area contributed by atoms with Gasteiger partial charge in [0.15, 0.2) is 10.9 Å². The summed E-state index contributed by atoms with van der Waals surface area (Å²) < 4.78 is 1.50. The molecule has 0 fully saturated rings. The van der Waals surface area contributed by atoms with Gasteiger partial charge >= 0.3 is 0 Å². The molecular weight excluding hydrogens is 428 g/mol. The number of carbonyl (C=O) groups excluding carboxylic acids is 1. The van der Waals surface area contributed by atoms with Crippen molar-refractivity contribution in [1.82, 2.24) is 9.55 Å². The van der Waals surface area contributed by atoms with E-state index in [9.17, 15) is 9.59 Å². The van der Waals surface area contributed by atoms with Gasteiger partial charge in [0.05, 0.1) is 27.4 Å². The van der Waals surface area contributed by atoms with Crippen molar-refractivity contribution in [3.63, 3.8) is 0 Å². The number of nitrogens with zero attached hydrogens (tertiary/aromatic N) is 2. The predicted octanol–water partition coefficient (Wildman–Crippen LogP) is 5.94. The van der Waals surface area contributed by atoms with Crippen molar-refractivity contribution in [2.45, 2.75) is 25.9 Å². The third-order valence-electron chi connectivity index (χ3n) is 5.31. The molecule has 0 aliphatic rings. The van der Waals surface area contributed by atoms with Crippen LogP contribution in [0.4, 0.5) is 0 Å². The van der Waals surface area contributed by atoms with Crippen molar-refractivity contribution in [3.8, 4) is 5.69 Å². The Labute approximate surface area is 189 Å². The summed E-state index contributed by atoms with van der Waals surface area (Å²) >= 11 is 7.65. The van der Waals surface area contributed by atoms with Crippen LogP contribution in [0.2, 0.25) is 5.02 Å². The number of hydrogen-bond donors (Lipinski definition) is 0. The van der Waals surface area contributed by atoms with E-state index in [1.165, 1.54) is 16.3 Å². The molecule has 0 N–H and O–H groups in total. The Morgan fingerprint density at radius 1 is 0.968 bits per heavy atom. The molecule has 0 unspecified atom stereocenters. The molecule has 0 saturated carbocycles. The zero-order chi connectivity index (χ0) is 22.1. The zero-order valence-electron chi connectivity index (χ0n) is 17.5. The molecule has 31 heavy (non-hydrogen) atoms. The molecule has 0 radical (unpaired) electrons. The van der Waals surface area contributed by atoms with E-state index in [4.69, 9.17) is 11.6 Å². The fourth-order valence-electron chi connectivity index (χ4n) is 3.52. The number of halogens is 1. The van der Waals surface area contributed by atoms with Crippen molar-refractivity contribution >= 4 is 40.0 Å². The molecule has 0 atom stereocenters. The average Bonchev–Trinajstić information content (AvgIpc) is 2.75. The van der Waals surface area contributed by atoms with Crippen LogP contribution in [0, 0.1) is 20.8 Å². The van der Waals surface area contributed by atoms with Crippen LogP contribution in [0.5, 0.6) is 0 Å². The highest BCUT2D eigenvalue weighted by molar-refractivity contribution is 7.99. The number of aryl methyl sites for hydroxylation is 3. The maximum absolute atomic E-state index is 13.3. The third-order valence-corrected chi connectivity index (χ3v) is 6.57. The van der Waals surface area contributed by atoms with Crippen LogP contribution in [0.3, 0.4) is 0 Å². The summed E-state index contributed by atoms with van der Waals surface area (Å²) in [6.07, 6.45) is 0. The number of rotatable bonds is 5. The molecule has 0 spiro atoms. The van der Waals surface area contributed by atoms with Gasteiger partial charge in [-0.15, -0.1) is 0 Å². The lowest BCUT2D eigenvalue weighted by molar-refractivity contribution is 0.102. The molecule has 4 aromatic rings. The second-order valence-corrected chi connectivity index (χ2v) is 8.82. The van der Waals surface area contributed by atoms with Crippen LogP contribution in [-0.2, 0) is 0 Å². The predicted molar refractivity (Wildman–Crippen MR) is 128 cm³/mol. The smallest absolute Gasteiger partial charge is 0.266 e. The largest absolute Gasteiger partial charge is 0.293 e. The number of carbonyl (C=O) groups is 1. The van der Waals surface area contributed by atoms with Crippen molar-refractivity contribution in [2.75, 3.05) is 5.75 Å². The lowest BCUT2D eigenvalue weighted by atomic mass is 9.99. The quantitative estimate of drug-likeness (QED) is 0.215. The number of thioether (sulfide) groups is 1. The Morgan fingerprint density at radius 3 is 2.42 bits per heavy atom. The summed E-state index contributed by atoms with van der Waals surface area (Å²) in [6.45, 7) is 5.98. The minimum Gasteiger partial charge on any atom is -0.293 e. The number of hydrogen-bond acceptors (Lipinski definition) is 4. The molecule has 156 valence electrons. The number of benzene rings is 3. The van der Waals surface area contributed by atoms with Gasteiger partial charge in [-0.2, -0.15) is 0 Å². The molecule has 4 rings (SSSR count). The monoisotopic (exact) mass is 448 g/mol. The first-order chi connectivity index (χ1) is 14.9. The molecule has 0 aliphatic carbocycles. The van der Waals surface area contributed by atoms with E-state index in [0.29, 0.717) is 32.3 Å². The summed E-state index contributed by atoms with van der Waals surface area (Å²) in [5.41, 5.74) is 4.81. The fourth-order valence-corrected chi connectivity index (χ4v) is 4.63. The van der Waals surface area contributed by atoms with E-state index in [2.05, 4.69) is 4.98 Å².